The Bertz CT molecular complexity index is 740. The van der Waals surface area contributed by atoms with Crippen LogP contribution in [-0.4, -0.2) is 40.5 Å². The lowest BCUT2D eigenvalue weighted by atomic mass is 9.94. The molecule has 0 saturated heterocycles. The molecule has 1 aliphatic rings. The summed E-state index contributed by atoms with van der Waals surface area (Å²) in [4.78, 5) is 26.5. The number of methoxy groups -OCH3 is 1. The summed E-state index contributed by atoms with van der Waals surface area (Å²) in [5.74, 6) is -0.829. The van der Waals surface area contributed by atoms with E-state index in [2.05, 4.69) is 13.8 Å². The largest absolute Gasteiger partial charge is 0.504 e. The lowest BCUT2D eigenvalue weighted by Crippen LogP contribution is -2.35. The molecule has 148 valence electrons. The summed E-state index contributed by atoms with van der Waals surface area (Å²) in [5.41, 5.74) is 0.718. The Labute approximate surface area is 160 Å². The average Bonchev–Trinajstić information content (AvgIpc) is 2.90. The van der Waals surface area contributed by atoms with E-state index >= 15 is 0 Å². The number of Topliss-reactive ketones (excluding diaryl/α,β-unsaturated/α-hetero) is 1. The zero-order valence-electron chi connectivity index (χ0n) is 16.5. The number of phenolic OH excluding ortho intramolecular Hbond substituents is 1. The molecule has 6 nitrogen and oxygen atoms in total. The Morgan fingerprint density at radius 1 is 1.30 bits per heavy atom. The standard InChI is InChI=1S/C21H29NO5/c1-5-7-8-14(6-2)12-22-19(18(13(3)23)20(25)21(22)26)15-9-10-16(24)17(11-15)27-4/h9-11,14,19,24-25H,5-8,12H2,1-4H3/t14-,19-/m0/s1. The number of aliphatic hydroxyl groups is 1. The second kappa shape index (κ2) is 8.93. The van der Waals surface area contributed by atoms with Gasteiger partial charge in [0.1, 0.15) is 0 Å². The Hall–Kier alpha value is -2.50. The van der Waals surface area contributed by atoms with E-state index in [4.69, 9.17) is 4.74 Å². The van der Waals surface area contributed by atoms with Crippen LogP contribution in [0.5, 0.6) is 11.5 Å². The number of hydrogen-bond acceptors (Lipinski definition) is 5. The van der Waals surface area contributed by atoms with E-state index in [9.17, 15) is 19.8 Å². The van der Waals surface area contributed by atoms with Crippen LogP contribution in [-0.2, 0) is 9.59 Å². The Morgan fingerprint density at radius 2 is 2.00 bits per heavy atom. The topological polar surface area (TPSA) is 87.1 Å². The highest BCUT2D eigenvalue weighted by atomic mass is 16.5. The fourth-order valence-electron chi connectivity index (χ4n) is 3.61. The van der Waals surface area contributed by atoms with Gasteiger partial charge >= 0.3 is 0 Å². The van der Waals surface area contributed by atoms with Gasteiger partial charge in [-0.3, -0.25) is 9.59 Å². The summed E-state index contributed by atoms with van der Waals surface area (Å²) in [6, 6.07) is 4.05. The van der Waals surface area contributed by atoms with Crippen molar-refractivity contribution in [1.82, 2.24) is 4.90 Å². The van der Waals surface area contributed by atoms with E-state index in [-0.39, 0.29) is 28.8 Å². The summed E-state index contributed by atoms with van der Waals surface area (Å²) >= 11 is 0. The monoisotopic (exact) mass is 375 g/mol. The van der Waals surface area contributed by atoms with Gasteiger partial charge in [-0.1, -0.05) is 39.2 Å². The third-order valence-electron chi connectivity index (χ3n) is 5.20. The summed E-state index contributed by atoms with van der Waals surface area (Å²) < 4.78 is 5.17. The smallest absolute Gasteiger partial charge is 0.290 e. The summed E-state index contributed by atoms with van der Waals surface area (Å²) in [7, 11) is 1.44. The molecule has 2 rings (SSSR count). The van der Waals surface area contributed by atoms with Gasteiger partial charge in [-0.15, -0.1) is 0 Å². The first-order valence-electron chi connectivity index (χ1n) is 9.47. The molecule has 0 saturated carbocycles. The fourth-order valence-corrected chi connectivity index (χ4v) is 3.61. The van der Waals surface area contributed by atoms with Crippen molar-refractivity contribution >= 4 is 11.7 Å². The van der Waals surface area contributed by atoms with Gasteiger partial charge in [0.15, 0.2) is 23.0 Å². The van der Waals surface area contributed by atoms with E-state index in [0.717, 1.165) is 25.7 Å². The van der Waals surface area contributed by atoms with Gasteiger partial charge in [-0.05, 0) is 37.0 Å². The minimum Gasteiger partial charge on any atom is -0.504 e. The first-order valence-corrected chi connectivity index (χ1v) is 9.47. The maximum Gasteiger partial charge on any atom is 0.290 e. The van der Waals surface area contributed by atoms with Gasteiger partial charge in [0, 0.05) is 6.54 Å². The van der Waals surface area contributed by atoms with Crippen molar-refractivity contribution in [3.8, 4) is 11.5 Å². The molecule has 2 N–H and O–H groups in total. The first kappa shape index (κ1) is 20.8. The van der Waals surface area contributed by atoms with Crippen molar-refractivity contribution in [3.05, 3.63) is 35.1 Å². The molecule has 1 aromatic carbocycles. The van der Waals surface area contributed by atoms with Gasteiger partial charge in [0.05, 0.1) is 18.7 Å². The summed E-state index contributed by atoms with van der Waals surface area (Å²) in [6.45, 7) is 6.02. The Kier molecular flexibility index (Phi) is 6.88. The predicted octanol–water partition coefficient (Wildman–Crippen LogP) is 3.90. The highest BCUT2D eigenvalue weighted by Gasteiger charge is 2.43. The van der Waals surface area contributed by atoms with Crippen molar-refractivity contribution in [2.75, 3.05) is 13.7 Å². The first-order chi connectivity index (χ1) is 12.8. The average molecular weight is 375 g/mol. The molecule has 0 spiro atoms. The van der Waals surface area contributed by atoms with Crippen molar-refractivity contribution < 1.29 is 24.5 Å². The molecule has 0 aliphatic carbocycles. The molecule has 0 aromatic heterocycles. The number of phenols is 1. The van der Waals surface area contributed by atoms with Crippen LogP contribution in [0.3, 0.4) is 0 Å². The van der Waals surface area contributed by atoms with Gasteiger partial charge in [0.25, 0.3) is 5.91 Å². The van der Waals surface area contributed by atoms with E-state index < -0.39 is 17.7 Å². The van der Waals surface area contributed by atoms with Crippen LogP contribution in [0.2, 0.25) is 0 Å². The highest BCUT2D eigenvalue weighted by molar-refractivity contribution is 6.08. The molecular formula is C21H29NO5. The molecule has 0 fully saturated rings. The third-order valence-corrected chi connectivity index (χ3v) is 5.20. The zero-order valence-corrected chi connectivity index (χ0v) is 16.5. The van der Waals surface area contributed by atoms with E-state index in [1.165, 1.54) is 20.1 Å². The number of aromatic hydroxyl groups is 1. The number of ether oxygens (including phenoxy) is 1. The van der Waals surface area contributed by atoms with Crippen LogP contribution in [0.15, 0.2) is 29.5 Å². The van der Waals surface area contributed by atoms with Gasteiger partial charge in [-0.2, -0.15) is 0 Å². The number of benzene rings is 1. The number of hydrogen-bond donors (Lipinski definition) is 2. The van der Waals surface area contributed by atoms with Gasteiger partial charge < -0.3 is 19.8 Å². The van der Waals surface area contributed by atoms with Crippen LogP contribution in [0.1, 0.15) is 58.1 Å². The predicted molar refractivity (Wildman–Crippen MR) is 103 cm³/mol. The molecule has 0 unspecified atom stereocenters. The number of carbonyl (C=O) groups excluding carboxylic acids is 2. The zero-order chi connectivity index (χ0) is 20.1. The highest BCUT2D eigenvalue weighted by Crippen LogP contribution is 2.41. The van der Waals surface area contributed by atoms with E-state index in [1.807, 2.05) is 0 Å². The number of carbonyl (C=O) groups is 2. The molecular weight excluding hydrogens is 346 g/mol. The molecule has 6 heteroatoms. The quantitative estimate of drug-likeness (QED) is 0.683. The van der Waals surface area contributed by atoms with Crippen LogP contribution in [0, 0.1) is 5.92 Å². The maximum absolute atomic E-state index is 12.7. The molecule has 2 atom stereocenters. The number of amides is 1. The van der Waals surface area contributed by atoms with Gasteiger partial charge in [0.2, 0.25) is 0 Å². The summed E-state index contributed by atoms with van der Waals surface area (Å²) in [6.07, 6.45) is 4.03. The molecule has 1 heterocycles. The molecule has 0 bridgehead atoms. The molecule has 0 radical (unpaired) electrons. The second-order valence-electron chi connectivity index (χ2n) is 7.03. The lowest BCUT2D eigenvalue weighted by molar-refractivity contribution is -0.130. The van der Waals surface area contributed by atoms with Crippen LogP contribution in [0.4, 0.5) is 0 Å². The number of nitrogens with zero attached hydrogens (tertiary/aromatic N) is 1. The molecule has 27 heavy (non-hydrogen) atoms. The normalized spacial score (nSPS) is 18.1. The van der Waals surface area contributed by atoms with Crippen molar-refractivity contribution in [3.63, 3.8) is 0 Å². The molecule has 1 aliphatic heterocycles. The van der Waals surface area contributed by atoms with Crippen molar-refractivity contribution in [2.45, 2.75) is 52.5 Å². The number of unbranched alkanes of at least 4 members (excludes halogenated alkanes) is 1. The Morgan fingerprint density at radius 3 is 2.56 bits per heavy atom. The minimum absolute atomic E-state index is 0.0240. The SMILES string of the molecule is CCCC[C@H](CC)CN1C(=O)C(O)=C(C(C)=O)[C@@H]1c1ccc(O)c(OC)c1. The third kappa shape index (κ3) is 4.26. The van der Waals surface area contributed by atoms with E-state index in [1.54, 1.807) is 17.0 Å². The van der Waals surface area contributed by atoms with Gasteiger partial charge in [-0.25, -0.2) is 0 Å². The molecule has 1 amide bonds. The number of ketones is 1. The van der Waals surface area contributed by atoms with Crippen LogP contribution >= 0.6 is 0 Å². The second-order valence-corrected chi connectivity index (χ2v) is 7.03. The summed E-state index contributed by atoms with van der Waals surface area (Å²) in [5, 5.41) is 20.2. The van der Waals surface area contributed by atoms with Crippen LogP contribution in [0.25, 0.3) is 0 Å². The van der Waals surface area contributed by atoms with E-state index in [0.29, 0.717) is 12.1 Å². The number of aliphatic hydroxyl groups excluding tert-OH is 1. The number of rotatable bonds is 9. The minimum atomic E-state index is -0.680. The molecule has 1 aromatic rings. The van der Waals surface area contributed by atoms with Crippen LogP contribution < -0.4 is 4.74 Å². The van der Waals surface area contributed by atoms with Crippen molar-refractivity contribution in [1.29, 1.82) is 0 Å². The fraction of sp³-hybridized carbons (Fsp3) is 0.524. The maximum atomic E-state index is 12.7. The lowest BCUT2D eigenvalue weighted by Gasteiger charge is -2.30. The Balaban J connectivity index is 2.45. The van der Waals surface area contributed by atoms with Crippen molar-refractivity contribution in [2.24, 2.45) is 5.92 Å².